The van der Waals surface area contributed by atoms with Crippen LogP contribution < -0.4 is 18.9 Å². The Morgan fingerprint density at radius 2 is 0.824 bits per heavy atom. The van der Waals surface area contributed by atoms with E-state index in [2.05, 4.69) is 41.5 Å². The molecule has 0 atom stereocenters. The first-order valence-corrected chi connectivity index (χ1v) is 7.69. The fourth-order valence-electron chi connectivity index (χ4n) is 2.62. The maximum absolute atomic E-state index is 2.36. The summed E-state index contributed by atoms with van der Waals surface area (Å²) in [7, 11) is 0. The van der Waals surface area contributed by atoms with E-state index in [1.807, 2.05) is 0 Å². The van der Waals surface area contributed by atoms with Crippen molar-refractivity contribution in [1.82, 2.24) is 0 Å². The van der Waals surface area contributed by atoms with E-state index in [0.29, 0.717) is 0 Å². The summed E-state index contributed by atoms with van der Waals surface area (Å²) in [5, 5.41) is 0. The van der Waals surface area contributed by atoms with Gasteiger partial charge in [-0.1, -0.05) is 78.6 Å². The summed E-state index contributed by atoms with van der Waals surface area (Å²) < 4.78 is 0. The van der Waals surface area contributed by atoms with Crippen LogP contribution in [0.15, 0.2) is 0 Å². The van der Waals surface area contributed by atoms with E-state index in [1.165, 1.54) is 38.2 Å². The number of hydrogen-bond donors (Lipinski definition) is 0. The number of rotatable bonds is 9. The smallest absolute Gasteiger partial charge is 0.181 e. The van der Waals surface area contributed by atoms with Gasteiger partial charge in [-0.3, -0.25) is 0 Å². The van der Waals surface area contributed by atoms with Crippen LogP contribution in [-0.4, -0.2) is 6.71 Å². The Morgan fingerprint density at radius 3 is 1.00 bits per heavy atom. The monoisotopic (exact) mass is 232 g/mol. The number of hydrogen-bond acceptors (Lipinski definition) is 0. The van der Waals surface area contributed by atoms with Crippen molar-refractivity contribution in [1.29, 1.82) is 0 Å². The Hall–Kier alpha value is 0.662. The molecule has 0 heterocycles. The molecule has 17 heavy (non-hydrogen) atoms. The Morgan fingerprint density at radius 1 is 0.588 bits per heavy atom. The van der Waals surface area contributed by atoms with Crippen LogP contribution in [0.4, 0.5) is 0 Å². The second-order valence-electron chi connectivity index (χ2n) is 7.17. The molecular weight excluding hydrogens is 198 g/mol. The van der Waals surface area contributed by atoms with Crippen molar-refractivity contribution in [2.75, 3.05) is 0 Å². The van der Waals surface area contributed by atoms with E-state index in [4.69, 9.17) is 0 Å². The summed E-state index contributed by atoms with van der Waals surface area (Å²) in [6.45, 7) is 14.3. The van der Waals surface area contributed by atoms with Crippen molar-refractivity contribution < 1.29 is 18.9 Å². The maximum Gasteiger partial charge on any atom is 1.00 e. The third kappa shape index (κ3) is 14.6. The Balaban J connectivity index is 0. The minimum Gasteiger partial charge on any atom is -0.181 e. The van der Waals surface area contributed by atoms with Crippen molar-refractivity contribution in [2.24, 2.45) is 17.8 Å². The first-order valence-electron chi connectivity index (χ1n) is 7.69. The van der Waals surface area contributed by atoms with Gasteiger partial charge in [0.2, 0.25) is 0 Å². The minimum atomic E-state index is 0. The molecule has 0 aromatic carbocycles. The summed E-state index contributed by atoms with van der Waals surface area (Å²) >= 11 is 0. The second-order valence-corrected chi connectivity index (χ2v) is 7.17. The summed E-state index contributed by atoms with van der Waals surface area (Å²) in [6.07, 6.45) is 8.98. The largest absolute Gasteiger partial charge is 1.00 e. The molecule has 0 aromatic heterocycles. The molecule has 98 valence electrons. The second kappa shape index (κ2) is 11.7. The van der Waals surface area contributed by atoms with Gasteiger partial charge in [-0.15, -0.1) is 0 Å². The van der Waals surface area contributed by atoms with Crippen molar-refractivity contribution >= 4 is 6.71 Å². The molecule has 0 aromatic rings. The molecule has 0 aliphatic heterocycles. The zero-order valence-corrected chi connectivity index (χ0v) is 13.7. The van der Waals surface area contributed by atoms with Gasteiger partial charge in [0, 0.05) is 0 Å². The van der Waals surface area contributed by atoms with Crippen molar-refractivity contribution in [3.8, 4) is 0 Å². The summed E-state index contributed by atoms with van der Waals surface area (Å²) in [5.41, 5.74) is 0. The quantitative estimate of drug-likeness (QED) is 0.535. The van der Waals surface area contributed by atoms with Crippen LogP contribution in [0.25, 0.3) is 0 Å². The van der Waals surface area contributed by atoms with E-state index in [0.717, 1.165) is 17.8 Å². The third-order valence-corrected chi connectivity index (χ3v) is 3.84. The predicted molar refractivity (Wildman–Crippen MR) is 79.9 cm³/mol. The van der Waals surface area contributed by atoms with Gasteiger partial charge >= 0.3 is 18.9 Å². The molecule has 0 nitrogen and oxygen atoms in total. The van der Waals surface area contributed by atoms with Crippen LogP contribution in [0, 0.1) is 17.8 Å². The van der Waals surface area contributed by atoms with Crippen molar-refractivity contribution in [3.05, 3.63) is 0 Å². The third-order valence-electron chi connectivity index (χ3n) is 3.84. The van der Waals surface area contributed by atoms with Gasteiger partial charge in [0.15, 0.2) is 0 Å². The molecule has 0 N–H and O–H groups in total. The average molecular weight is 232 g/mol. The van der Waals surface area contributed by atoms with Gasteiger partial charge in [-0.05, 0) is 6.71 Å². The van der Waals surface area contributed by atoms with E-state index < -0.39 is 0 Å². The zero-order chi connectivity index (χ0) is 12.6. The molecule has 0 saturated heterocycles. The zero-order valence-electron chi connectivity index (χ0n) is 13.7. The fraction of sp³-hybridized carbons (Fsp3) is 1.00. The van der Waals surface area contributed by atoms with E-state index in [-0.39, 0.29) is 25.6 Å². The van der Waals surface area contributed by atoms with Gasteiger partial charge in [-0.2, -0.15) is 19.0 Å². The molecule has 0 spiro atoms. The standard InChI is InChI=1S/C15H34B.Li/c1-13(2)7-10-16(11-8-14(3)4)12-9-15(5)6;/h13-16H,7-12H2,1-6H3;/q-1;+1. The van der Waals surface area contributed by atoms with E-state index in [9.17, 15) is 0 Å². The normalized spacial score (nSPS) is 11.6. The van der Waals surface area contributed by atoms with Crippen LogP contribution in [0.1, 0.15) is 60.8 Å². The molecule has 0 bridgehead atoms. The van der Waals surface area contributed by atoms with E-state index >= 15 is 0 Å². The topological polar surface area (TPSA) is 0 Å². The van der Waals surface area contributed by atoms with Crippen LogP contribution in [-0.2, 0) is 0 Å². The molecule has 0 amide bonds. The van der Waals surface area contributed by atoms with Gasteiger partial charge in [0.25, 0.3) is 0 Å². The Labute approximate surface area is 123 Å². The first kappa shape index (κ1) is 20.0. The molecule has 0 unspecified atom stereocenters. The van der Waals surface area contributed by atoms with Gasteiger partial charge in [-0.25, -0.2) is 0 Å². The van der Waals surface area contributed by atoms with Gasteiger partial charge in [0.1, 0.15) is 0 Å². The minimum absolute atomic E-state index is 0. The predicted octanol–water partition coefficient (Wildman–Crippen LogP) is 2.36. The van der Waals surface area contributed by atoms with Crippen molar-refractivity contribution in [2.45, 2.75) is 79.8 Å². The summed E-state index contributed by atoms with van der Waals surface area (Å²) in [4.78, 5) is 0. The Bertz CT molecular complexity index is 126. The van der Waals surface area contributed by atoms with Crippen LogP contribution in [0.2, 0.25) is 19.0 Å². The molecule has 0 fully saturated rings. The molecule has 0 radical (unpaired) electrons. The maximum atomic E-state index is 2.36. The van der Waals surface area contributed by atoms with Crippen molar-refractivity contribution in [3.63, 3.8) is 0 Å². The SMILES string of the molecule is CC(C)CC[BH-](CCC(C)C)CCC(C)C.[Li+]. The van der Waals surface area contributed by atoms with Crippen LogP contribution in [0.3, 0.4) is 0 Å². The van der Waals surface area contributed by atoms with Gasteiger partial charge < -0.3 is 0 Å². The Kier molecular flexibility index (Phi) is 13.8. The fourth-order valence-corrected chi connectivity index (χ4v) is 2.62. The molecule has 0 aliphatic rings. The summed E-state index contributed by atoms with van der Waals surface area (Å²) in [5.74, 6) is 2.69. The van der Waals surface area contributed by atoms with Crippen LogP contribution >= 0.6 is 0 Å². The summed E-state index contributed by atoms with van der Waals surface area (Å²) in [6, 6.07) is 0. The molecule has 2 heteroatoms. The molecular formula is C15H34BLi. The van der Waals surface area contributed by atoms with Crippen LogP contribution in [0.5, 0.6) is 0 Å². The first-order chi connectivity index (χ1) is 7.41. The molecule has 0 rings (SSSR count). The molecule has 0 saturated carbocycles. The van der Waals surface area contributed by atoms with Gasteiger partial charge in [0.05, 0.1) is 0 Å². The van der Waals surface area contributed by atoms with E-state index in [1.54, 1.807) is 0 Å². The molecule has 0 aliphatic carbocycles. The average Bonchev–Trinajstić information content (AvgIpc) is 2.15.